The first-order valence-corrected chi connectivity index (χ1v) is 4.95. The average Bonchev–Trinajstić information content (AvgIpc) is 2.43. The van der Waals surface area contributed by atoms with Crippen LogP contribution in [-0.4, -0.2) is 11.4 Å². The van der Waals surface area contributed by atoms with Crippen molar-refractivity contribution >= 4 is 23.2 Å². The number of nitrogens with zero attached hydrogens (tertiary/aromatic N) is 1. The number of halogens is 2. The second kappa shape index (κ2) is 3.66. The van der Waals surface area contributed by atoms with Crippen LogP contribution in [0, 0.1) is 5.82 Å². The van der Waals surface area contributed by atoms with E-state index in [1.807, 2.05) is 0 Å². The zero-order valence-corrected chi connectivity index (χ0v) is 8.83. The zero-order valence-electron chi connectivity index (χ0n) is 8.08. The molecule has 15 heavy (non-hydrogen) atoms. The number of rotatable bonds is 1. The Balaban J connectivity index is 2.42. The highest BCUT2D eigenvalue weighted by Gasteiger charge is 2.31. The molecule has 1 aromatic carbocycles. The zero-order chi connectivity index (χ0) is 11.0. The highest BCUT2D eigenvalue weighted by molar-refractivity contribution is 6.29. The van der Waals surface area contributed by atoms with Crippen molar-refractivity contribution in [3.05, 3.63) is 41.7 Å². The number of alkyl halides is 1. The third-order valence-electron chi connectivity index (χ3n) is 2.30. The fourth-order valence-corrected chi connectivity index (χ4v) is 1.93. The molecule has 78 valence electrons. The van der Waals surface area contributed by atoms with E-state index in [1.54, 1.807) is 25.1 Å². The van der Waals surface area contributed by atoms with Crippen LogP contribution in [0.2, 0.25) is 0 Å². The predicted molar refractivity (Wildman–Crippen MR) is 57.3 cm³/mol. The Morgan fingerprint density at radius 2 is 2.07 bits per heavy atom. The lowest BCUT2D eigenvalue weighted by atomic mass is 10.2. The summed E-state index contributed by atoms with van der Waals surface area (Å²) >= 11 is 5.94. The van der Waals surface area contributed by atoms with E-state index in [9.17, 15) is 9.18 Å². The van der Waals surface area contributed by atoms with E-state index in [-0.39, 0.29) is 11.6 Å². The molecule has 0 fully saturated rings. The van der Waals surface area contributed by atoms with Crippen molar-refractivity contribution in [2.45, 2.75) is 12.4 Å². The second-order valence-electron chi connectivity index (χ2n) is 3.35. The van der Waals surface area contributed by atoms with E-state index in [0.717, 1.165) is 0 Å². The first-order valence-electron chi connectivity index (χ1n) is 4.52. The fraction of sp³-hybridized carbons (Fsp3) is 0.182. The van der Waals surface area contributed by atoms with Crippen molar-refractivity contribution in [2.24, 2.45) is 0 Å². The Morgan fingerprint density at radius 1 is 1.40 bits per heavy atom. The van der Waals surface area contributed by atoms with Crippen molar-refractivity contribution in [1.82, 2.24) is 0 Å². The number of amides is 1. The van der Waals surface area contributed by atoms with Gasteiger partial charge in [0.05, 0.1) is 5.69 Å². The van der Waals surface area contributed by atoms with Crippen LogP contribution in [-0.2, 0) is 4.79 Å². The molecule has 0 saturated carbocycles. The summed E-state index contributed by atoms with van der Waals surface area (Å²) in [6.45, 7) is 1.67. The smallest absolute Gasteiger partial charge is 0.255 e. The highest BCUT2D eigenvalue weighted by Crippen LogP contribution is 2.29. The van der Waals surface area contributed by atoms with Crippen LogP contribution in [0.4, 0.5) is 10.1 Å². The third-order valence-corrected chi connectivity index (χ3v) is 2.62. The van der Waals surface area contributed by atoms with Gasteiger partial charge in [0.15, 0.2) is 0 Å². The van der Waals surface area contributed by atoms with Gasteiger partial charge in [0.25, 0.3) is 5.91 Å². The normalized spacial score (nSPS) is 20.7. The van der Waals surface area contributed by atoms with Gasteiger partial charge in [-0.25, -0.2) is 4.39 Å². The summed E-state index contributed by atoms with van der Waals surface area (Å²) in [4.78, 5) is 12.9. The van der Waals surface area contributed by atoms with Gasteiger partial charge in [-0.05, 0) is 25.1 Å². The van der Waals surface area contributed by atoms with Crippen LogP contribution in [0.1, 0.15) is 6.92 Å². The standard InChI is InChI=1S/C11H9ClFNO/c1-7-6-10(12)14(11(7)15)9-5-3-2-4-8(9)13/h2-6,10H,1H3. The van der Waals surface area contributed by atoms with Gasteiger partial charge in [-0.2, -0.15) is 0 Å². The maximum Gasteiger partial charge on any atom is 0.255 e. The molecule has 1 heterocycles. The summed E-state index contributed by atoms with van der Waals surface area (Å²) in [7, 11) is 0. The van der Waals surface area contributed by atoms with E-state index < -0.39 is 11.3 Å². The molecule has 2 nitrogen and oxygen atoms in total. The fourth-order valence-electron chi connectivity index (χ4n) is 1.54. The van der Waals surface area contributed by atoms with E-state index >= 15 is 0 Å². The Hall–Kier alpha value is -1.35. The molecule has 1 aromatic rings. The molecule has 1 unspecified atom stereocenters. The van der Waals surface area contributed by atoms with Crippen LogP contribution in [0.3, 0.4) is 0 Å². The predicted octanol–water partition coefficient (Wildman–Crippen LogP) is 2.68. The van der Waals surface area contributed by atoms with Crippen LogP contribution >= 0.6 is 11.6 Å². The first-order chi connectivity index (χ1) is 7.11. The Kier molecular flexibility index (Phi) is 2.49. The molecule has 4 heteroatoms. The van der Waals surface area contributed by atoms with Crippen molar-refractivity contribution < 1.29 is 9.18 Å². The summed E-state index contributed by atoms with van der Waals surface area (Å²) in [6.07, 6.45) is 1.61. The minimum absolute atomic E-state index is 0.218. The Labute approximate surface area is 92.0 Å². The molecule has 1 amide bonds. The number of anilines is 1. The number of benzene rings is 1. The van der Waals surface area contributed by atoms with Crippen molar-refractivity contribution in [2.75, 3.05) is 4.90 Å². The quantitative estimate of drug-likeness (QED) is 0.532. The van der Waals surface area contributed by atoms with Gasteiger partial charge in [0, 0.05) is 5.57 Å². The monoisotopic (exact) mass is 225 g/mol. The molecule has 0 N–H and O–H groups in total. The van der Waals surface area contributed by atoms with Gasteiger partial charge in [0.2, 0.25) is 0 Å². The molecule has 0 bridgehead atoms. The maximum atomic E-state index is 13.4. The van der Waals surface area contributed by atoms with Crippen molar-refractivity contribution in [1.29, 1.82) is 0 Å². The van der Waals surface area contributed by atoms with Crippen LogP contribution in [0.15, 0.2) is 35.9 Å². The van der Waals surface area contributed by atoms with E-state index in [4.69, 9.17) is 11.6 Å². The average molecular weight is 226 g/mol. The number of carbonyl (C=O) groups excluding carboxylic acids is 1. The molecule has 1 atom stereocenters. The van der Waals surface area contributed by atoms with Crippen LogP contribution in [0.5, 0.6) is 0 Å². The first kappa shape index (κ1) is 10.2. The lowest BCUT2D eigenvalue weighted by Crippen LogP contribution is -2.31. The van der Waals surface area contributed by atoms with Crippen molar-refractivity contribution in [3.63, 3.8) is 0 Å². The summed E-state index contributed by atoms with van der Waals surface area (Å²) in [5, 5.41) is 0. The molecule has 0 radical (unpaired) electrons. The summed E-state index contributed by atoms with van der Waals surface area (Å²) in [6, 6.07) is 6.08. The minimum atomic E-state index is -0.602. The third kappa shape index (κ3) is 1.63. The molecule has 0 spiro atoms. The van der Waals surface area contributed by atoms with Gasteiger partial charge in [-0.15, -0.1) is 0 Å². The molecule has 0 aromatic heterocycles. The maximum absolute atomic E-state index is 13.4. The topological polar surface area (TPSA) is 20.3 Å². The molecule has 0 aliphatic carbocycles. The Morgan fingerprint density at radius 3 is 2.60 bits per heavy atom. The van der Waals surface area contributed by atoms with Gasteiger partial charge in [-0.1, -0.05) is 23.7 Å². The van der Waals surface area contributed by atoms with E-state index in [2.05, 4.69) is 0 Å². The van der Waals surface area contributed by atoms with Gasteiger partial charge >= 0.3 is 0 Å². The number of carbonyl (C=O) groups is 1. The highest BCUT2D eigenvalue weighted by atomic mass is 35.5. The Bertz CT molecular complexity index is 444. The summed E-state index contributed by atoms with van der Waals surface area (Å²) in [5.41, 5.74) is 0.156. The molecular formula is C11H9ClFNO. The second-order valence-corrected chi connectivity index (χ2v) is 3.80. The van der Waals surface area contributed by atoms with Gasteiger partial charge in [0.1, 0.15) is 11.3 Å². The van der Waals surface area contributed by atoms with Gasteiger partial charge < -0.3 is 0 Å². The van der Waals surface area contributed by atoms with Gasteiger partial charge in [-0.3, -0.25) is 9.69 Å². The SMILES string of the molecule is CC1=CC(Cl)N(c2ccccc2F)C1=O. The number of para-hydroxylation sites is 1. The van der Waals surface area contributed by atoms with Crippen LogP contribution < -0.4 is 4.90 Å². The largest absolute Gasteiger partial charge is 0.285 e. The van der Waals surface area contributed by atoms with E-state index in [1.165, 1.54) is 17.0 Å². The minimum Gasteiger partial charge on any atom is -0.285 e. The lowest BCUT2D eigenvalue weighted by Gasteiger charge is -2.20. The molecule has 1 aliphatic rings. The molecule has 0 saturated heterocycles. The lowest BCUT2D eigenvalue weighted by molar-refractivity contribution is -0.114. The molecular weight excluding hydrogens is 217 g/mol. The summed E-state index contributed by atoms with van der Waals surface area (Å²) < 4.78 is 13.4. The van der Waals surface area contributed by atoms with Crippen LogP contribution in [0.25, 0.3) is 0 Å². The van der Waals surface area contributed by atoms with E-state index in [0.29, 0.717) is 5.57 Å². The molecule has 2 rings (SSSR count). The number of hydrogen-bond acceptors (Lipinski definition) is 1. The molecule has 1 aliphatic heterocycles. The number of hydrogen-bond donors (Lipinski definition) is 0. The van der Waals surface area contributed by atoms with Crippen molar-refractivity contribution in [3.8, 4) is 0 Å². The summed E-state index contributed by atoms with van der Waals surface area (Å²) in [5.74, 6) is -0.695.